The molecule has 4 heterocycles. The van der Waals surface area contributed by atoms with Gasteiger partial charge in [0.2, 0.25) is 0 Å². The summed E-state index contributed by atoms with van der Waals surface area (Å²) in [6.07, 6.45) is 6.20. The van der Waals surface area contributed by atoms with E-state index in [2.05, 4.69) is 25.8 Å². The van der Waals surface area contributed by atoms with Crippen molar-refractivity contribution in [3.8, 4) is 5.69 Å². The maximum atomic E-state index is 14.1. The highest BCUT2D eigenvalue weighted by molar-refractivity contribution is 6.08. The second-order valence-electron chi connectivity index (χ2n) is 9.35. The van der Waals surface area contributed by atoms with E-state index in [4.69, 9.17) is 10.7 Å². The Morgan fingerprint density at radius 3 is 2.59 bits per heavy atom. The van der Waals surface area contributed by atoms with Gasteiger partial charge in [0, 0.05) is 25.6 Å². The van der Waals surface area contributed by atoms with Gasteiger partial charge in [-0.1, -0.05) is 24.3 Å². The second-order valence-corrected chi connectivity index (χ2v) is 9.35. The number of nitrogens with two attached hydrogens (primary N) is 1. The molecule has 0 aliphatic carbocycles. The predicted octanol–water partition coefficient (Wildman–Crippen LogP) is 2.49. The fourth-order valence-corrected chi connectivity index (χ4v) is 4.66. The van der Waals surface area contributed by atoms with Crippen LogP contribution >= 0.6 is 0 Å². The number of carbonyl (C=O) groups excluding carboxylic acids is 2. The van der Waals surface area contributed by atoms with E-state index >= 15 is 0 Å². The number of aryl methyl sites for hydroxylation is 1. The van der Waals surface area contributed by atoms with Crippen LogP contribution in [0, 0.1) is 0 Å². The molecule has 0 radical (unpaired) electrons. The Balaban J connectivity index is 1.45. The average Bonchev–Trinajstić information content (AvgIpc) is 3.55. The fourth-order valence-electron chi connectivity index (χ4n) is 4.66. The SMILES string of the molecule is C[C@H](NC(=O)c1c(N)nn2cccnc12)c1nc2cccc(NC(=O)c3cnn(C)c3)c2c(=O)n1-c1ccccc1. The summed E-state index contributed by atoms with van der Waals surface area (Å²) in [6.45, 7) is 1.72. The van der Waals surface area contributed by atoms with E-state index in [0.717, 1.165) is 0 Å². The smallest absolute Gasteiger partial charge is 0.268 e. The van der Waals surface area contributed by atoms with Crippen LogP contribution < -0.4 is 21.9 Å². The van der Waals surface area contributed by atoms with Gasteiger partial charge in [-0.15, -0.1) is 5.10 Å². The zero-order valence-electron chi connectivity index (χ0n) is 22.0. The first-order chi connectivity index (χ1) is 19.8. The third kappa shape index (κ3) is 4.54. The van der Waals surface area contributed by atoms with Gasteiger partial charge in [0.05, 0.1) is 40.1 Å². The van der Waals surface area contributed by atoms with Crippen LogP contribution in [0.2, 0.25) is 0 Å². The van der Waals surface area contributed by atoms with Crippen LogP contribution in [0.5, 0.6) is 0 Å². The number of carbonyl (C=O) groups is 2. The molecule has 6 rings (SSSR count). The van der Waals surface area contributed by atoms with E-state index in [0.29, 0.717) is 28.1 Å². The Kier molecular flexibility index (Phi) is 6.22. The van der Waals surface area contributed by atoms with Crippen molar-refractivity contribution in [3.05, 3.63) is 107 Å². The number of nitrogens with one attached hydrogen (secondary N) is 2. The molecule has 13 heteroatoms. The number of fused-ring (bicyclic) bond motifs is 2. The highest BCUT2D eigenvalue weighted by atomic mass is 16.2. The van der Waals surface area contributed by atoms with Crippen molar-refractivity contribution in [1.82, 2.24) is 39.2 Å². The van der Waals surface area contributed by atoms with Crippen molar-refractivity contribution < 1.29 is 9.59 Å². The van der Waals surface area contributed by atoms with Gasteiger partial charge < -0.3 is 16.4 Å². The van der Waals surface area contributed by atoms with Gasteiger partial charge in [0.1, 0.15) is 11.4 Å². The minimum atomic E-state index is -0.744. The molecule has 4 N–H and O–H groups in total. The topological polar surface area (TPSA) is 167 Å². The zero-order chi connectivity index (χ0) is 28.7. The van der Waals surface area contributed by atoms with E-state index in [1.165, 1.54) is 20.0 Å². The summed E-state index contributed by atoms with van der Waals surface area (Å²) >= 11 is 0. The number of hydrogen-bond acceptors (Lipinski definition) is 8. The number of nitrogens with zero attached hydrogens (tertiary/aromatic N) is 7. The Labute approximate surface area is 232 Å². The molecule has 2 aromatic carbocycles. The van der Waals surface area contributed by atoms with E-state index in [-0.39, 0.29) is 22.6 Å². The summed E-state index contributed by atoms with van der Waals surface area (Å²) in [6, 6.07) is 14.9. The molecule has 204 valence electrons. The molecule has 41 heavy (non-hydrogen) atoms. The maximum Gasteiger partial charge on any atom is 0.268 e. The zero-order valence-corrected chi connectivity index (χ0v) is 22.0. The van der Waals surface area contributed by atoms with E-state index in [1.54, 1.807) is 81.1 Å². The minimum absolute atomic E-state index is 0.0225. The molecule has 0 saturated carbocycles. The highest BCUT2D eigenvalue weighted by Crippen LogP contribution is 2.24. The molecule has 6 aromatic rings. The number of anilines is 2. The third-order valence-electron chi connectivity index (χ3n) is 6.54. The lowest BCUT2D eigenvalue weighted by atomic mass is 10.1. The number of amides is 2. The summed E-state index contributed by atoms with van der Waals surface area (Å²) < 4.78 is 4.36. The molecule has 2 amide bonds. The van der Waals surface area contributed by atoms with Crippen LogP contribution in [0.15, 0.2) is 84.2 Å². The van der Waals surface area contributed by atoms with Gasteiger partial charge >= 0.3 is 0 Å². The van der Waals surface area contributed by atoms with Crippen molar-refractivity contribution in [1.29, 1.82) is 0 Å². The van der Waals surface area contributed by atoms with Gasteiger partial charge in [-0.25, -0.2) is 14.5 Å². The van der Waals surface area contributed by atoms with Gasteiger partial charge in [-0.2, -0.15) is 5.10 Å². The van der Waals surface area contributed by atoms with Gasteiger partial charge in [-0.3, -0.25) is 23.6 Å². The van der Waals surface area contributed by atoms with Crippen molar-refractivity contribution in [2.45, 2.75) is 13.0 Å². The summed E-state index contributed by atoms with van der Waals surface area (Å²) in [5.74, 6) is -0.633. The lowest BCUT2D eigenvalue weighted by Crippen LogP contribution is -2.33. The second kappa shape index (κ2) is 10.0. The number of para-hydroxylation sites is 1. The fraction of sp³-hybridized carbons (Fsp3) is 0.107. The lowest BCUT2D eigenvalue weighted by Gasteiger charge is -2.20. The monoisotopic (exact) mass is 548 g/mol. The van der Waals surface area contributed by atoms with Crippen LogP contribution in [0.4, 0.5) is 11.5 Å². The number of nitrogen functional groups attached to an aromatic ring is 1. The predicted molar refractivity (Wildman–Crippen MR) is 152 cm³/mol. The summed E-state index contributed by atoms with van der Waals surface area (Å²) in [5, 5.41) is 14.1. The first-order valence-corrected chi connectivity index (χ1v) is 12.6. The molecule has 0 spiro atoms. The van der Waals surface area contributed by atoms with Gasteiger partial charge in [0.15, 0.2) is 11.5 Å². The summed E-state index contributed by atoms with van der Waals surface area (Å²) in [5.41, 5.74) is 7.57. The molecule has 1 atom stereocenters. The van der Waals surface area contributed by atoms with Crippen molar-refractivity contribution >= 4 is 39.9 Å². The van der Waals surface area contributed by atoms with Crippen LogP contribution in [0.25, 0.3) is 22.2 Å². The summed E-state index contributed by atoms with van der Waals surface area (Å²) in [7, 11) is 1.71. The van der Waals surface area contributed by atoms with E-state index < -0.39 is 23.4 Å². The lowest BCUT2D eigenvalue weighted by molar-refractivity contribution is 0.0939. The van der Waals surface area contributed by atoms with Crippen molar-refractivity contribution in [2.24, 2.45) is 7.05 Å². The largest absolute Gasteiger partial charge is 0.381 e. The number of hydrogen-bond donors (Lipinski definition) is 3. The van der Waals surface area contributed by atoms with E-state index in [9.17, 15) is 14.4 Å². The molecule has 0 saturated heterocycles. The Bertz CT molecular complexity index is 2010. The Morgan fingerprint density at radius 1 is 1.02 bits per heavy atom. The quantitative estimate of drug-likeness (QED) is 0.285. The standard InChI is InChI=1S/C28H24N10O3/c1-16(32-27(40)22-23(29)35-37-13-7-12-30-25(22)37)24-33-19-10-6-11-20(34-26(39)17-14-31-36(2)15-17)21(19)28(41)38(24)18-8-4-3-5-9-18/h3-16H,1-2H3,(H2,29,35)(H,32,40)(H,34,39)/t16-/m0/s1. The van der Waals surface area contributed by atoms with Crippen LogP contribution in [-0.2, 0) is 7.05 Å². The number of benzene rings is 2. The number of aromatic nitrogens is 7. The molecule has 0 aliphatic heterocycles. The molecular formula is C28H24N10O3. The molecule has 0 bridgehead atoms. The summed E-state index contributed by atoms with van der Waals surface area (Å²) in [4.78, 5) is 49.4. The van der Waals surface area contributed by atoms with Crippen LogP contribution in [0.1, 0.15) is 39.5 Å². The minimum Gasteiger partial charge on any atom is -0.381 e. The van der Waals surface area contributed by atoms with Crippen molar-refractivity contribution in [2.75, 3.05) is 11.1 Å². The normalized spacial score (nSPS) is 12.0. The first-order valence-electron chi connectivity index (χ1n) is 12.6. The molecule has 4 aromatic heterocycles. The molecule has 0 aliphatic rings. The van der Waals surface area contributed by atoms with E-state index in [1.807, 2.05) is 6.07 Å². The Hall–Kier alpha value is -5.85. The number of rotatable bonds is 6. The molecular weight excluding hydrogens is 524 g/mol. The average molecular weight is 549 g/mol. The van der Waals surface area contributed by atoms with Gasteiger partial charge in [-0.05, 0) is 37.3 Å². The third-order valence-corrected chi connectivity index (χ3v) is 6.54. The van der Waals surface area contributed by atoms with Crippen LogP contribution in [0.3, 0.4) is 0 Å². The highest BCUT2D eigenvalue weighted by Gasteiger charge is 2.25. The van der Waals surface area contributed by atoms with Gasteiger partial charge in [0.25, 0.3) is 17.4 Å². The molecule has 0 unspecified atom stereocenters. The molecule has 13 nitrogen and oxygen atoms in total. The Morgan fingerprint density at radius 2 is 1.83 bits per heavy atom. The maximum absolute atomic E-state index is 14.1. The van der Waals surface area contributed by atoms with Crippen molar-refractivity contribution in [3.63, 3.8) is 0 Å². The molecule has 0 fully saturated rings. The first kappa shape index (κ1) is 25.4. The van der Waals surface area contributed by atoms with Crippen LogP contribution in [-0.4, -0.2) is 45.7 Å².